The Morgan fingerprint density at radius 1 is 0.489 bits per heavy atom. The average Bonchev–Trinajstić information content (AvgIpc) is 3.46. The lowest BCUT2D eigenvalue weighted by atomic mass is 10.00. The Kier molecular flexibility index (Phi) is 6.40. The smallest absolute Gasteiger partial charge is 0.138 e. The molecule has 0 spiro atoms. The quantitative estimate of drug-likeness (QED) is 0.204. The van der Waals surface area contributed by atoms with E-state index in [4.69, 9.17) is 15.2 Å². The van der Waals surface area contributed by atoms with Crippen molar-refractivity contribution in [1.82, 2.24) is 24.5 Å². The maximum atomic E-state index is 9.15. The average molecular weight is 577 g/mol. The van der Waals surface area contributed by atoms with E-state index in [-0.39, 0.29) is 0 Å². The highest BCUT2D eigenvalue weighted by atomic mass is 15.1. The largest absolute Gasteiger partial charge is 0.292 e. The number of hydrogen-bond acceptors (Lipinski definition) is 5. The molecule has 8 rings (SSSR count). The molecule has 0 aliphatic heterocycles. The van der Waals surface area contributed by atoms with E-state index in [2.05, 4.69) is 87.3 Å². The molecule has 0 N–H and O–H groups in total. The molecule has 6 nitrogen and oxygen atoms in total. The van der Waals surface area contributed by atoms with Crippen molar-refractivity contribution in [2.24, 2.45) is 0 Å². The van der Waals surface area contributed by atoms with Crippen LogP contribution in [-0.4, -0.2) is 24.5 Å². The number of aromatic nitrogens is 5. The van der Waals surface area contributed by atoms with Crippen LogP contribution in [0.1, 0.15) is 5.56 Å². The van der Waals surface area contributed by atoms with Gasteiger partial charge in [0.2, 0.25) is 0 Å². The van der Waals surface area contributed by atoms with Gasteiger partial charge in [0.25, 0.3) is 0 Å². The summed E-state index contributed by atoms with van der Waals surface area (Å²) in [5.41, 5.74) is 10.3. The second kappa shape index (κ2) is 11.0. The van der Waals surface area contributed by atoms with E-state index >= 15 is 0 Å². The van der Waals surface area contributed by atoms with Gasteiger partial charge in [-0.25, -0.2) is 9.97 Å². The van der Waals surface area contributed by atoms with Crippen molar-refractivity contribution in [3.05, 3.63) is 152 Å². The number of nitrogens with zero attached hydrogens (tertiary/aromatic N) is 6. The van der Waals surface area contributed by atoms with Gasteiger partial charge in [0.15, 0.2) is 0 Å². The van der Waals surface area contributed by atoms with Gasteiger partial charge in [-0.2, -0.15) is 5.26 Å². The first-order valence-corrected chi connectivity index (χ1v) is 14.6. The molecule has 0 amide bonds. The number of fused-ring (bicyclic) bond motifs is 3. The van der Waals surface area contributed by atoms with Crippen LogP contribution in [0.3, 0.4) is 0 Å². The number of pyridine rings is 4. The molecule has 0 saturated carbocycles. The van der Waals surface area contributed by atoms with Gasteiger partial charge in [-0.05, 0) is 71.8 Å². The third kappa shape index (κ3) is 4.79. The molecule has 0 aliphatic carbocycles. The molecule has 5 heterocycles. The topological polar surface area (TPSA) is 80.3 Å². The molecule has 0 fully saturated rings. The minimum Gasteiger partial charge on any atom is -0.292 e. The minimum absolute atomic E-state index is 0.646. The maximum absolute atomic E-state index is 9.15. The first-order chi connectivity index (χ1) is 22.2. The fourth-order valence-electron chi connectivity index (χ4n) is 5.84. The second-order valence-corrected chi connectivity index (χ2v) is 10.8. The lowest BCUT2D eigenvalue weighted by Crippen LogP contribution is -1.99. The van der Waals surface area contributed by atoms with Gasteiger partial charge >= 0.3 is 0 Å². The Morgan fingerprint density at radius 3 is 1.89 bits per heavy atom. The SMILES string of the molecule is N#Cc1ccc(-c2ccc(-c3cc(-c4cccc(-n5c6ccccc6c6ccncc65)n4)cc(-c4ccncc4)n3)cc2)cc1. The molecular weight excluding hydrogens is 552 g/mol. The zero-order chi connectivity index (χ0) is 30.2. The first kappa shape index (κ1) is 26.2. The number of benzene rings is 3. The van der Waals surface area contributed by atoms with Gasteiger partial charge in [0, 0.05) is 46.1 Å². The van der Waals surface area contributed by atoms with Crippen molar-refractivity contribution >= 4 is 21.8 Å². The molecule has 0 unspecified atom stereocenters. The monoisotopic (exact) mass is 576 g/mol. The predicted octanol–water partition coefficient (Wildman–Crippen LogP) is 8.90. The van der Waals surface area contributed by atoms with Crippen LogP contribution in [0.4, 0.5) is 0 Å². The molecule has 5 aromatic heterocycles. The third-order valence-electron chi connectivity index (χ3n) is 8.06. The number of rotatable bonds is 5. The van der Waals surface area contributed by atoms with Gasteiger partial charge in [0.1, 0.15) is 5.82 Å². The van der Waals surface area contributed by atoms with Gasteiger partial charge in [-0.1, -0.05) is 60.7 Å². The summed E-state index contributed by atoms with van der Waals surface area (Å²) in [6, 6.07) is 42.8. The van der Waals surface area contributed by atoms with Crippen molar-refractivity contribution in [3.8, 4) is 56.8 Å². The molecule has 3 aromatic carbocycles. The summed E-state index contributed by atoms with van der Waals surface area (Å²) in [5, 5.41) is 11.5. The fourth-order valence-corrected chi connectivity index (χ4v) is 5.84. The highest BCUT2D eigenvalue weighted by Gasteiger charge is 2.15. The van der Waals surface area contributed by atoms with Crippen molar-refractivity contribution < 1.29 is 0 Å². The van der Waals surface area contributed by atoms with Crippen LogP contribution in [0.5, 0.6) is 0 Å². The summed E-state index contributed by atoms with van der Waals surface area (Å²) in [6.07, 6.45) is 7.30. The molecule has 0 bridgehead atoms. The van der Waals surface area contributed by atoms with Gasteiger partial charge < -0.3 is 0 Å². The lowest BCUT2D eigenvalue weighted by Gasteiger charge is -2.12. The Hall–Kier alpha value is -6.45. The standard InChI is InChI=1S/C39H24N6/c40-24-26-8-10-27(11-9-26)28-12-14-29(15-13-28)35-22-31(23-36(43-35)30-16-19-41-20-17-30)34-5-3-7-39(44-34)45-37-6-2-1-4-32(37)33-18-21-42-25-38(33)45/h1-23,25H. The van der Waals surface area contributed by atoms with Crippen LogP contribution >= 0.6 is 0 Å². The number of nitriles is 1. The minimum atomic E-state index is 0.646. The van der Waals surface area contributed by atoms with Gasteiger partial charge in [-0.3, -0.25) is 14.5 Å². The van der Waals surface area contributed by atoms with Crippen molar-refractivity contribution in [1.29, 1.82) is 5.26 Å². The number of para-hydroxylation sites is 1. The van der Waals surface area contributed by atoms with Crippen LogP contribution in [0.2, 0.25) is 0 Å². The van der Waals surface area contributed by atoms with Crippen LogP contribution in [0, 0.1) is 11.3 Å². The third-order valence-corrected chi connectivity index (χ3v) is 8.06. The number of hydrogen-bond donors (Lipinski definition) is 0. The summed E-state index contributed by atoms with van der Waals surface area (Å²) in [7, 11) is 0. The molecule has 45 heavy (non-hydrogen) atoms. The maximum Gasteiger partial charge on any atom is 0.138 e. The summed E-state index contributed by atoms with van der Waals surface area (Å²) < 4.78 is 2.18. The van der Waals surface area contributed by atoms with Crippen LogP contribution < -0.4 is 0 Å². The summed E-state index contributed by atoms with van der Waals surface area (Å²) >= 11 is 0. The predicted molar refractivity (Wildman–Crippen MR) is 178 cm³/mol. The molecule has 210 valence electrons. The zero-order valence-corrected chi connectivity index (χ0v) is 24.0. The van der Waals surface area contributed by atoms with E-state index in [1.807, 2.05) is 67.0 Å². The molecule has 0 radical (unpaired) electrons. The molecule has 0 saturated heterocycles. The highest BCUT2D eigenvalue weighted by Crippen LogP contribution is 2.34. The fraction of sp³-hybridized carbons (Fsp3) is 0. The molecular formula is C39H24N6. The van der Waals surface area contributed by atoms with E-state index in [1.165, 1.54) is 0 Å². The van der Waals surface area contributed by atoms with Crippen molar-refractivity contribution in [3.63, 3.8) is 0 Å². The zero-order valence-electron chi connectivity index (χ0n) is 24.0. The van der Waals surface area contributed by atoms with Crippen LogP contribution in [0.15, 0.2) is 146 Å². The molecule has 8 aromatic rings. The van der Waals surface area contributed by atoms with Crippen LogP contribution in [0.25, 0.3) is 72.5 Å². The summed E-state index contributed by atoms with van der Waals surface area (Å²) in [6.45, 7) is 0. The Bertz CT molecular complexity index is 2310. The van der Waals surface area contributed by atoms with E-state index in [0.717, 1.165) is 72.5 Å². The highest BCUT2D eigenvalue weighted by molar-refractivity contribution is 6.08. The van der Waals surface area contributed by atoms with Crippen molar-refractivity contribution in [2.45, 2.75) is 0 Å². The Labute approximate surface area is 259 Å². The van der Waals surface area contributed by atoms with E-state index < -0.39 is 0 Å². The van der Waals surface area contributed by atoms with Gasteiger partial charge in [0.05, 0.1) is 45.9 Å². The van der Waals surface area contributed by atoms with E-state index in [1.54, 1.807) is 12.4 Å². The first-order valence-electron chi connectivity index (χ1n) is 14.6. The summed E-state index contributed by atoms with van der Waals surface area (Å²) in [4.78, 5) is 18.9. The summed E-state index contributed by atoms with van der Waals surface area (Å²) in [5.74, 6) is 0.822. The Morgan fingerprint density at radius 2 is 1.13 bits per heavy atom. The molecule has 0 atom stereocenters. The normalized spacial score (nSPS) is 11.1. The van der Waals surface area contributed by atoms with Crippen molar-refractivity contribution in [2.75, 3.05) is 0 Å². The van der Waals surface area contributed by atoms with Gasteiger partial charge in [-0.15, -0.1) is 0 Å². The van der Waals surface area contributed by atoms with E-state index in [9.17, 15) is 0 Å². The molecule has 0 aliphatic rings. The Balaban J connectivity index is 1.25. The van der Waals surface area contributed by atoms with Crippen LogP contribution in [-0.2, 0) is 0 Å². The second-order valence-electron chi connectivity index (χ2n) is 10.8. The molecule has 6 heteroatoms. The lowest BCUT2D eigenvalue weighted by molar-refractivity contribution is 1.08. The van der Waals surface area contributed by atoms with E-state index in [0.29, 0.717) is 5.56 Å².